The van der Waals surface area contributed by atoms with Crippen molar-refractivity contribution in [2.24, 2.45) is 0 Å². The van der Waals surface area contributed by atoms with Crippen LogP contribution in [0.25, 0.3) is 0 Å². The van der Waals surface area contributed by atoms with Crippen LogP contribution < -0.4 is 10.1 Å². The number of halogens is 2. The largest absolute Gasteiger partial charge is 0.481 e. The third kappa shape index (κ3) is 4.25. The number of amides is 1. The Hall–Kier alpha value is -0.970. The number of hydrogen-bond acceptors (Lipinski definition) is 3. The van der Waals surface area contributed by atoms with E-state index < -0.39 is 6.10 Å². The van der Waals surface area contributed by atoms with Crippen LogP contribution in [-0.4, -0.2) is 43.1 Å². The van der Waals surface area contributed by atoms with Gasteiger partial charge in [0.1, 0.15) is 5.75 Å². The molecular formula is C15H20Cl2N2O2. The molecule has 2 rings (SSSR count). The van der Waals surface area contributed by atoms with Crippen LogP contribution in [0.1, 0.15) is 19.8 Å². The number of carbonyl (C=O) groups excluding carboxylic acids is 1. The summed E-state index contributed by atoms with van der Waals surface area (Å²) in [5.74, 6) is 0.525. The van der Waals surface area contributed by atoms with E-state index in [1.165, 1.54) is 0 Å². The third-order valence-corrected chi connectivity index (χ3v) is 4.49. The number of piperidine rings is 1. The maximum atomic E-state index is 12.4. The van der Waals surface area contributed by atoms with Crippen molar-refractivity contribution >= 4 is 29.1 Å². The molecule has 0 aromatic heterocycles. The van der Waals surface area contributed by atoms with Crippen molar-refractivity contribution in [3.8, 4) is 5.75 Å². The molecule has 1 aromatic carbocycles. The van der Waals surface area contributed by atoms with Crippen molar-refractivity contribution in [1.82, 2.24) is 10.2 Å². The summed E-state index contributed by atoms with van der Waals surface area (Å²) < 4.78 is 5.67. The lowest BCUT2D eigenvalue weighted by atomic mass is 10.0. The SMILES string of the molecule is CC(Oc1ccc(Cl)c(Cl)c1)C(=O)N(C)C1CCNCC1. The molecule has 1 saturated heterocycles. The molecule has 1 amide bonds. The van der Waals surface area contributed by atoms with E-state index in [0.717, 1.165) is 25.9 Å². The Morgan fingerprint density at radius 3 is 2.62 bits per heavy atom. The molecule has 1 unspecified atom stereocenters. The van der Waals surface area contributed by atoms with Crippen LogP contribution in [0, 0.1) is 0 Å². The lowest BCUT2D eigenvalue weighted by Gasteiger charge is -2.33. The molecule has 0 saturated carbocycles. The van der Waals surface area contributed by atoms with Gasteiger partial charge in [0.2, 0.25) is 0 Å². The van der Waals surface area contributed by atoms with Gasteiger partial charge in [0.25, 0.3) is 5.91 Å². The van der Waals surface area contributed by atoms with Gasteiger partial charge in [-0.15, -0.1) is 0 Å². The predicted octanol–water partition coefficient (Wildman–Crippen LogP) is 2.97. The number of hydrogen-bond donors (Lipinski definition) is 1. The third-order valence-electron chi connectivity index (χ3n) is 3.76. The molecule has 0 bridgehead atoms. The topological polar surface area (TPSA) is 41.6 Å². The van der Waals surface area contributed by atoms with Crippen molar-refractivity contribution in [3.05, 3.63) is 28.2 Å². The van der Waals surface area contributed by atoms with Crippen molar-refractivity contribution in [1.29, 1.82) is 0 Å². The highest BCUT2D eigenvalue weighted by Crippen LogP contribution is 2.27. The second kappa shape index (κ2) is 7.34. The van der Waals surface area contributed by atoms with Gasteiger partial charge in [-0.05, 0) is 45.0 Å². The molecule has 1 aromatic rings. The van der Waals surface area contributed by atoms with E-state index in [2.05, 4.69) is 5.32 Å². The van der Waals surface area contributed by atoms with Crippen molar-refractivity contribution < 1.29 is 9.53 Å². The molecule has 1 atom stereocenters. The highest BCUT2D eigenvalue weighted by molar-refractivity contribution is 6.42. The average molecular weight is 331 g/mol. The number of nitrogens with one attached hydrogen (secondary N) is 1. The number of likely N-dealkylation sites (N-methyl/N-ethyl adjacent to an activating group) is 1. The summed E-state index contributed by atoms with van der Waals surface area (Å²) in [6.07, 6.45) is 1.39. The lowest BCUT2D eigenvalue weighted by Crippen LogP contribution is -2.48. The molecule has 1 heterocycles. The van der Waals surface area contributed by atoms with Gasteiger partial charge in [0.15, 0.2) is 6.10 Å². The van der Waals surface area contributed by atoms with Crippen LogP contribution in [0.2, 0.25) is 10.0 Å². The molecule has 4 nitrogen and oxygen atoms in total. The molecule has 1 aliphatic heterocycles. The van der Waals surface area contributed by atoms with Gasteiger partial charge in [0.05, 0.1) is 10.0 Å². The van der Waals surface area contributed by atoms with E-state index >= 15 is 0 Å². The van der Waals surface area contributed by atoms with E-state index in [4.69, 9.17) is 27.9 Å². The predicted molar refractivity (Wildman–Crippen MR) is 85.2 cm³/mol. The van der Waals surface area contributed by atoms with Gasteiger partial charge in [-0.2, -0.15) is 0 Å². The molecule has 0 aliphatic carbocycles. The quantitative estimate of drug-likeness (QED) is 0.922. The van der Waals surface area contributed by atoms with Crippen LogP contribution in [0.3, 0.4) is 0 Å². The van der Waals surface area contributed by atoms with Gasteiger partial charge < -0.3 is 15.0 Å². The Labute approximate surface area is 135 Å². The molecular weight excluding hydrogens is 311 g/mol. The van der Waals surface area contributed by atoms with Crippen LogP contribution in [0.4, 0.5) is 0 Å². The first-order valence-corrected chi connectivity index (χ1v) is 7.83. The first-order valence-electron chi connectivity index (χ1n) is 7.08. The Balaban J connectivity index is 1.96. The molecule has 1 N–H and O–H groups in total. The summed E-state index contributed by atoms with van der Waals surface area (Å²) in [6, 6.07) is 5.27. The van der Waals surface area contributed by atoms with Crippen LogP contribution in [-0.2, 0) is 4.79 Å². The highest BCUT2D eigenvalue weighted by atomic mass is 35.5. The van der Waals surface area contributed by atoms with Crippen LogP contribution in [0.5, 0.6) is 5.75 Å². The second-order valence-electron chi connectivity index (χ2n) is 5.27. The summed E-state index contributed by atoms with van der Waals surface area (Å²) >= 11 is 11.8. The van der Waals surface area contributed by atoms with Gasteiger partial charge in [-0.1, -0.05) is 23.2 Å². The van der Waals surface area contributed by atoms with E-state index in [9.17, 15) is 4.79 Å². The van der Waals surface area contributed by atoms with E-state index in [1.54, 1.807) is 30.0 Å². The summed E-state index contributed by atoms with van der Waals surface area (Å²) in [7, 11) is 1.84. The minimum absolute atomic E-state index is 0.0204. The minimum atomic E-state index is -0.554. The number of benzene rings is 1. The summed E-state index contributed by atoms with van der Waals surface area (Å²) in [4.78, 5) is 14.2. The van der Waals surface area contributed by atoms with Gasteiger partial charge >= 0.3 is 0 Å². The van der Waals surface area contributed by atoms with Gasteiger partial charge in [-0.25, -0.2) is 0 Å². The first-order chi connectivity index (χ1) is 9.99. The monoisotopic (exact) mass is 330 g/mol. The fourth-order valence-corrected chi connectivity index (χ4v) is 2.75. The zero-order chi connectivity index (χ0) is 15.4. The molecule has 6 heteroatoms. The van der Waals surface area contributed by atoms with Crippen molar-refractivity contribution in [2.45, 2.75) is 31.9 Å². The Morgan fingerprint density at radius 1 is 1.33 bits per heavy atom. The van der Waals surface area contributed by atoms with E-state index in [-0.39, 0.29) is 11.9 Å². The fraction of sp³-hybridized carbons (Fsp3) is 0.533. The van der Waals surface area contributed by atoms with Crippen LogP contribution in [0.15, 0.2) is 18.2 Å². The molecule has 1 fully saturated rings. The highest BCUT2D eigenvalue weighted by Gasteiger charge is 2.26. The smallest absolute Gasteiger partial charge is 0.263 e. The Kier molecular flexibility index (Phi) is 5.73. The molecule has 1 aliphatic rings. The Morgan fingerprint density at radius 2 is 2.00 bits per heavy atom. The second-order valence-corrected chi connectivity index (χ2v) is 6.08. The summed E-state index contributed by atoms with van der Waals surface area (Å²) in [6.45, 7) is 3.65. The fourth-order valence-electron chi connectivity index (χ4n) is 2.47. The number of rotatable bonds is 4. The number of carbonyl (C=O) groups is 1. The van der Waals surface area contributed by atoms with E-state index in [1.807, 2.05) is 7.05 Å². The lowest BCUT2D eigenvalue weighted by molar-refractivity contribution is -0.139. The maximum Gasteiger partial charge on any atom is 0.263 e. The van der Waals surface area contributed by atoms with Crippen LogP contribution >= 0.6 is 23.2 Å². The van der Waals surface area contributed by atoms with E-state index in [0.29, 0.717) is 15.8 Å². The average Bonchev–Trinajstić information content (AvgIpc) is 2.50. The van der Waals surface area contributed by atoms with Crippen molar-refractivity contribution in [3.63, 3.8) is 0 Å². The molecule has 116 valence electrons. The standard InChI is InChI=1S/C15H20Cl2N2O2/c1-10(21-12-3-4-13(16)14(17)9-12)15(20)19(2)11-5-7-18-8-6-11/h3-4,9-11,18H,5-8H2,1-2H3. The molecule has 21 heavy (non-hydrogen) atoms. The number of nitrogens with zero attached hydrogens (tertiary/aromatic N) is 1. The number of ether oxygens (including phenoxy) is 1. The summed E-state index contributed by atoms with van der Waals surface area (Å²) in [5, 5.41) is 4.18. The molecule has 0 spiro atoms. The summed E-state index contributed by atoms with van der Waals surface area (Å²) in [5.41, 5.74) is 0. The zero-order valence-electron chi connectivity index (χ0n) is 12.2. The normalized spacial score (nSPS) is 17.3. The van der Waals surface area contributed by atoms with Gasteiger partial charge in [-0.3, -0.25) is 4.79 Å². The Bertz CT molecular complexity index is 504. The first kappa shape index (κ1) is 16.4. The van der Waals surface area contributed by atoms with Gasteiger partial charge in [0, 0.05) is 19.2 Å². The minimum Gasteiger partial charge on any atom is -0.481 e. The van der Waals surface area contributed by atoms with Crippen molar-refractivity contribution in [2.75, 3.05) is 20.1 Å². The molecule has 0 radical (unpaired) electrons. The maximum absolute atomic E-state index is 12.4. The zero-order valence-corrected chi connectivity index (χ0v) is 13.7.